The Morgan fingerprint density at radius 2 is 2.36 bits per heavy atom. The number of hydrogen-bond acceptors (Lipinski definition) is 3. The van der Waals surface area contributed by atoms with Crippen LogP contribution in [0.1, 0.15) is 30.5 Å². The van der Waals surface area contributed by atoms with Crippen LogP contribution in [0.25, 0.3) is 0 Å². The minimum atomic E-state index is -1.09. The second kappa shape index (κ2) is 2.69. The Balaban J connectivity index is 2.90. The Morgan fingerprint density at radius 3 is 2.64 bits per heavy atom. The molecule has 0 radical (unpaired) electrons. The van der Waals surface area contributed by atoms with Crippen LogP contribution >= 0.6 is 0 Å². The van der Waals surface area contributed by atoms with E-state index in [0.717, 1.165) is 0 Å². The molecule has 1 N–H and O–H groups in total. The fourth-order valence-electron chi connectivity index (χ4n) is 0.622. The standard InChI is InChI=1S/C6H9N3O2/c1-4(2)9-3-7-5(8-9)6(10)11/h3-4H,1-2H3,(H,10,11). The summed E-state index contributed by atoms with van der Waals surface area (Å²) in [7, 11) is 0. The lowest BCUT2D eigenvalue weighted by molar-refractivity contribution is 0.0683. The van der Waals surface area contributed by atoms with E-state index >= 15 is 0 Å². The highest BCUT2D eigenvalue weighted by Gasteiger charge is 2.09. The van der Waals surface area contributed by atoms with Gasteiger partial charge in [-0.2, -0.15) is 0 Å². The fourth-order valence-corrected chi connectivity index (χ4v) is 0.622. The van der Waals surface area contributed by atoms with Gasteiger partial charge in [0.1, 0.15) is 6.33 Å². The molecule has 0 aliphatic rings. The van der Waals surface area contributed by atoms with E-state index in [2.05, 4.69) is 10.1 Å². The van der Waals surface area contributed by atoms with Crippen molar-refractivity contribution in [3.8, 4) is 0 Å². The van der Waals surface area contributed by atoms with Crippen molar-refractivity contribution in [3.63, 3.8) is 0 Å². The maximum atomic E-state index is 10.3. The molecule has 0 saturated carbocycles. The predicted molar refractivity (Wildman–Crippen MR) is 37.4 cm³/mol. The Labute approximate surface area is 63.7 Å². The van der Waals surface area contributed by atoms with E-state index in [4.69, 9.17) is 5.11 Å². The van der Waals surface area contributed by atoms with Crippen molar-refractivity contribution in [1.82, 2.24) is 14.8 Å². The van der Waals surface area contributed by atoms with Crippen LogP contribution in [0.15, 0.2) is 6.33 Å². The molecular weight excluding hydrogens is 146 g/mol. The molecule has 11 heavy (non-hydrogen) atoms. The second-order valence-electron chi connectivity index (χ2n) is 2.45. The van der Waals surface area contributed by atoms with Crippen LogP contribution < -0.4 is 0 Å². The largest absolute Gasteiger partial charge is 0.475 e. The number of carboxylic acids is 1. The molecule has 0 fully saturated rings. The zero-order valence-electron chi connectivity index (χ0n) is 6.35. The van der Waals surface area contributed by atoms with E-state index in [1.165, 1.54) is 11.0 Å². The molecule has 5 nitrogen and oxygen atoms in total. The number of rotatable bonds is 2. The summed E-state index contributed by atoms with van der Waals surface area (Å²) in [5.41, 5.74) is 0. The maximum Gasteiger partial charge on any atom is 0.375 e. The minimum Gasteiger partial charge on any atom is -0.475 e. The molecule has 60 valence electrons. The highest BCUT2D eigenvalue weighted by Crippen LogP contribution is 2.00. The smallest absolute Gasteiger partial charge is 0.375 e. The number of nitrogens with zero attached hydrogens (tertiary/aromatic N) is 3. The summed E-state index contributed by atoms with van der Waals surface area (Å²) >= 11 is 0. The molecule has 0 amide bonds. The van der Waals surface area contributed by atoms with E-state index in [1.807, 2.05) is 13.8 Å². The molecule has 0 atom stereocenters. The summed E-state index contributed by atoms with van der Waals surface area (Å²) in [5.74, 6) is -1.25. The van der Waals surface area contributed by atoms with Gasteiger partial charge in [-0.15, -0.1) is 5.10 Å². The molecule has 0 unspecified atom stereocenters. The summed E-state index contributed by atoms with van der Waals surface area (Å²) in [4.78, 5) is 13.9. The average molecular weight is 155 g/mol. The second-order valence-corrected chi connectivity index (χ2v) is 2.45. The number of hydrogen-bond donors (Lipinski definition) is 1. The van der Waals surface area contributed by atoms with Gasteiger partial charge in [0, 0.05) is 6.04 Å². The molecule has 0 aliphatic heterocycles. The summed E-state index contributed by atoms with van der Waals surface area (Å²) in [5, 5.41) is 12.2. The Kier molecular flexibility index (Phi) is 1.89. The third-order valence-corrected chi connectivity index (χ3v) is 1.23. The number of carbonyl (C=O) groups is 1. The highest BCUT2D eigenvalue weighted by atomic mass is 16.4. The van der Waals surface area contributed by atoms with Gasteiger partial charge in [0.05, 0.1) is 0 Å². The SMILES string of the molecule is CC(C)n1cnc(C(=O)O)n1. The van der Waals surface area contributed by atoms with Crippen molar-refractivity contribution in [3.05, 3.63) is 12.2 Å². The summed E-state index contributed by atoms with van der Waals surface area (Å²) < 4.78 is 1.50. The van der Waals surface area contributed by atoms with Crippen LogP contribution in [0, 0.1) is 0 Å². The van der Waals surface area contributed by atoms with Gasteiger partial charge in [0.25, 0.3) is 5.82 Å². The minimum absolute atomic E-state index is 0.149. The molecule has 1 heterocycles. The lowest BCUT2D eigenvalue weighted by Crippen LogP contribution is -2.04. The molecule has 0 bridgehead atoms. The quantitative estimate of drug-likeness (QED) is 0.677. The van der Waals surface area contributed by atoms with E-state index in [9.17, 15) is 4.79 Å². The van der Waals surface area contributed by atoms with E-state index < -0.39 is 5.97 Å². The first-order valence-electron chi connectivity index (χ1n) is 3.25. The molecule has 1 aromatic rings. The van der Waals surface area contributed by atoms with Gasteiger partial charge < -0.3 is 5.11 Å². The van der Waals surface area contributed by atoms with E-state index in [0.29, 0.717) is 0 Å². The first-order valence-corrected chi connectivity index (χ1v) is 3.25. The third kappa shape index (κ3) is 1.54. The van der Waals surface area contributed by atoms with Gasteiger partial charge in [-0.3, -0.25) is 0 Å². The summed E-state index contributed by atoms with van der Waals surface area (Å²) in [6.45, 7) is 3.81. The number of aromatic nitrogens is 3. The molecule has 1 aromatic heterocycles. The number of aromatic carboxylic acids is 1. The zero-order chi connectivity index (χ0) is 8.43. The molecule has 0 aromatic carbocycles. The summed E-state index contributed by atoms with van der Waals surface area (Å²) in [6.07, 6.45) is 1.41. The van der Waals surface area contributed by atoms with Crippen molar-refractivity contribution in [1.29, 1.82) is 0 Å². The van der Waals surface area contributed by atoms with Crippen molar-refractivity contribution in [2.24, 2.45) is 0 Å². The van der Waals surface area contributed by atoms with Crippen LogP contribution in [-0.4, -0.2) is 25.8 Å². The number of carboxylic acid groups (broad SMARTS) is 1. The highest BCUT2D eigenvalue weighted by molar-refractivity contribution is 5.82. The van der Waals surface area contributed by atoms with Crippen LogP contribution in [0.4, 0.5) is 0 Å². The monoisotopic (exact) mass is 155 g/mol. The predicted octanol–water partition coefficient (Wildman–Crippen LogP) is 0.557. The van der Waals surface area contributed by atoms with Crippen molar-refractivity contribution < 1.29 is 9.90 Å². The molecule has 0 spiro atoms. The fraction of sp³-hybridized carbons (Fsp3) is 0.500. The van der Waals surface area contributed by atoms with Gasteiger partial charge in [0.2, 0.25) is 0 Å². The van der Waals surface area contributed by atoms with E-state index in [-0.39, 0.29) is 11.9 Å². The lowest BCUT2D eigenvalue weighted by Gasteiger charge is -2.00. The van der Waals surface area contributed by atoms with Gasteiger partial charge in [-0.05, 0) is 13.8 Å². The van der Waals surface area contributed by atoms with Crippen molar-refractivity contribution in [2.75, 3.05) is 0 Å². The normalized spacial score (nSPS) is 10.5. The molecular formula is C6H9N3O2. The van der Waals surface area contributed by atoms with E-state index in [1.54, 1.807) is 0 Å². The zero-order valence-corrected chi connectivity index (χ0v) is 6.35. The lowest BCUT2D eigenvalue weighted by atomic mass is 10.4. The first kappa shape index (κ1) is 7.71. The van der Waals surface area contributed by atoms with Crippen molar-refractivity contribution in [2.45, 2.75) is 19.9 Å². The molecule has 0 aliphatic carbocycles. The molecule has 5 heteroatoms. The first-order chi connectivity index (χ1) is 5.11. The summed E-state index contributed by atoms with van der Waals surface area (Å²) in [6, 6.07) is 0.149. The Hall–Kier alpha value is -1.39. The van der Waals surface area contributed by atoms with Crippen LogP contribution in [0.3, 0.4) is 0 Å². The average Bonchev–Trinajstić information content (AvgIpc) is 2.33. The molecule has 0 saturated heterocycles. The van der Waals surface area contributed by atoms with Gasteiger partial charge in [0.15, 0.2) is 0 Å². The van der Waals surface area contributed by atoms with Crippen LogP contribution in [0.2, 0.25) is 0 Å². The van der Waals surface area contributed by atoms with Gasteiger partial charge >= 0.3 is 5.97 Å². The third-order valence-electron chi connectivity index (χ3n) is 1.23. The van der Waals surface area contributed by atoms with Crippen LogP contribution in [0.5, 0.6) is 0 Å². The Bertz CT molecular complexity index is 267. The topological polar surface area (TPSA) is 68.0 Å². The van der Waals surface area contributed by atoms with Crippen LogP contribution in [-0.2, 0) is 0 Å². The maximum absolute atomic E-state index is 10.3. The Morgan fingerprint density at radius 1 is 1.73 bits per heavy atom. The van der Waals surface area contributed by atoms with Gasteiger partial charge in [-0.25, -0.2) is 14.5 Å². The molecule has 1 rings (SSSR count). The van der Waals surface area contributed by atoms with Gasteiger partial charge in [-0.1, -0.05) is 0 Å². The van der Waals surface area contributed by atoms with Crippen molar-refractivity contribution >= 4 is 5.97 Å².